The van der Waals surface area contributed by atoms with Gasteiger partial charge < -0.3 is 24.1 Å². The van der Waals surface area contributed by atoms with E-state index in [-0.39, 0.29) is 24.5 Å². The van der Waals surface area contributed by atoms with Crippen LogP contribution in [0.1, 0.15) is 12.8 Å². The van der Waals surface area contributed by atoms with Crippen molar-refractivity contribution < 1.29 is 33.7 Å². The molecule has 2 N–H and O–H groups in total. The van der Waals surface area contributed by atoms with Gasteiger partial charge in [-0.2, -0.15) is 0 Å². The van der Waals surface area contributed by atoms with Crippen LogP contribution in [0.2, 0.25) is 0 Å². The van der Waals surface area contributed by atoms with Crippen molar-refractivity contribution >= 4 is 17.7 Å². The molecule has 0 aliphatic carbocycles. The third-order valence-corrected chi connectivity index (χ3v) is 3.74. The Balaban J connectivity index is 2.09. The van der Waals surface area contributed by atoms with E-state index in [1.54, 1.807) is 12.1 Å². The van der Waals surface area contributed by atoms with Gasteiger partial charge in [0.1, 0.15) is 0 Å². The highest BCUT2D eigenvalue weighted by molar-refractivity contribution is 6.20. The van der Waals surface area contributed by atoms with E-state index in [9.17, 15) is 19.8 Å². The summed E-state index contributed by atoms with van der Waals surface area (Å²) in [6.07, 6.45) is 0.0663. The van der Waals surface area contributed by atoms with Crippen molar-refractivity contribution in [2.24, 2.45) is 0 Å². The molecule has 24 heavy (non-hydrogen) atoms. The Morgan fingerprint density at radius 1 is 1.00 bits per heavy atom. The van der Waals surface area contributed by atoms with E-state index < -0.39 is 23.3 Å². The molecule has 1 aliphatic rings. The van der Waals surface area contributed by atoms with Crippen LogP contribution < -0.4 is 14.4 Å². The topological polar surface area (TPSA) is 109 Å². The standard InChI is InChI=1S/C16H15NO7/c1-22-9-4-3-8(7-10(9)23-2)15-13(20)14(21)16(24-15)17-11(18)5-6-12(17)19/h3-4,7,20-21H,5-6H2,1-2H3. The number of methoxy groups -OCH3 is 2. The molecule has 8 nitrogen and oxygen atoms in total. The third-order valence-electron chi connectivity index (χ3n) is 3.74. The number of ether oxygens (including phenoxy) is 2. The Morgan fingerprint density at radius 3 is 2.21 bits per heavy atom. The lowest BCUT2D eigenvalue weighted by Crippen LogP contribution is -2.28. The van der Waals surface area contributed by atoms with Crippen LogP contribution in [0.15, 0.2) is 22.6 Å². The molecule has 0 saturated carbocycles. The van der Waals surface area contributed by atoms with E-state index in [1.165, 1.54) is 20.3 Å². The van der Waals surface area contributed by atoms with Gasteiger partial charge >= 0.3 is 0 Å². The van der Waals surface area contributed by atoms with Crippen LogP contribution in [0, 0.1) is 0 Å². The maximum atomic E-state index is 11.8. The van der Waals surface area contributed by atoms with Gasteiger partial charge in [0.05, 0.1) is 14.2 Å². The maximum Gasteiger partial charge on any atom is 0.256 e. The van der Waals surface area contributed by atoms with Crippen LogP contribution in [0.5, 0.6) is 23.0 Å². The van der Waals surface area contributed by atoms with Crippen LogP contribution in [0.25, 0.3) is 11.3 Å². The summed E-state index contributed by atoms with van der Waals surface area (Å²) in [7, 11) is 2.94. The summed E-state index contributed by atoms with van der Waals surface area (Å²) in [6, 6.07) is 4.71. The molecular weight excluding hydrogens is 318 g/mol. The van der Waals surface area contributed by atoms with Gasteiger partial charge in [0, 0.05) is 18.4 Å². The lowest BCUT2D eigenvalue weighted by molar-refractivity contribution is -0.121. The maximum absolute atomic E-state index is 11.8. The van der Waals surface area contributed by atoms with Gasteiger partial charge in [-0.1, -0.05) is 0 Å². The van der Waals surface area contributed by atoms with E-state index in [0.717, 1.165) is 4.90 Å². The van der Waals surface area contributed by atoms with Gasteiger partial charge in [0.15, 0.2) is 17.3 Å². The van der Waals surface area contributed by atoms with Crippen molar-refractivity contribution in [2.75, 3.05) is 19.1 Å². The second-order valence-electron chi connectivity index (χ2n) is 5.13. The van der Waals surface area contributed by atoms with Crippen molar-refractivity contribution in [3.63, 3.8) is 0 Å². The molecule has 1 aromatic heterocycles. The fourth-order valence-corrected chi connectivity index (χ4v) is 2.53. The summed E-state index contributed by atoms with van der Waals surface area (Å²) in [6.45, 7) is 0. The molecule has 8 heteroatoms. The van der Waals surface area contributed by atoms with E-state index in [1.807, 2.05) is 0 Å². The minimum absolute atomic E-state index is 0.0332. The molecule has 2 amide bonds. The first-order valence-corrected chi connectivity index (χ1v) is 7.10. The average molecular weight is 333 g/mol. The van der Waals surface area contributed by atoms with Gasteiger partial charge in [-0.05, 0) is 18.2 Å². The van der Waals surface area contributed by atoms with Gasteiger partial charge in [-0.25, -0.2) is 4.90 Å². The number of rotatable bonds is 4. The normalized spacial score (nSPS) is 14.3. The monoisotopic (exact) mass is 333 g/mol. The van der Waals surface area contributed by atoms with Crippen LogP contribution in [0.4, 0.5) is 5.88 Å². The largest absolute Gasteiger partial charge is 0.502 e. The van der Waals surface area contributed by atoms with Crippen molar-refractivity contribution in [1.29, 1.82) is 0 Å². The van der Waals surface area contributed by atoms with Gasteiger partial charge in [0.2, 0.25) is 23.3 Å². The molecule has 1 saturated heterocycles. The molecule has 126 valence electrons. The number of carbonyl (C=O) groups is 2. The molecule has 0 radical (unpaired) electrons. The minimum Gasteiger partial charge on any atom is -0.502 e. The number of hydrogen-bond acceptors (Lipinski definition) is 7. The highest BCUT2D eigenvalue weighted by Crippen LogP contribution is 2.48. The summed E-state index contributed by atoms with van der Waals surface area (Å²) in [5.74, 6) is -1.83. The quantitative estimate of drug-likeness (QED) is 0.824. The fourth-order valence-electron chi connectivity index (χ4n) is 2.53. The molecule has 2 aromatic rings. The van der Waals surface area contributed by atoms with Crippen molar-refractivity contribution in [1.82, 2.24) is 0 Å². The second kappa shape index (κ2) is 5.80. The van der Waals surface area contributed by atoms with E-state index in [0.29, 0.717) is 17.1 Å². The second-order valence-corrected chi connectivity index (χ2v) is 5.13. The number of nitrogens with zero attached hydrogens (tertiary/aromatic N) is 1. The smallest absolute Gasteiger partial charge is 0.256 e. The van der Waals surface area contributed by atoms with Crippen LogP contribution >= 0.6 is 0 Å². The Kier molecular flexibility index (Phi) is 3.80. The van der Waals surface area contributed by atoms with Crippen molar-refractivity contribution in [3.8, 4) is 34.3 Å². The van der Waals surface area contributed by atoms with Crippen molar-refractivity contribution in [3.05, 3.63) is 18.2 Å². The Bertz CT molecular complexity index is 808. The molecule has 1 fully saturated rings. The van der Waals surface area contributed by atoms with Crippen LogP contribution in [0.3, 0.4) is 0 Å². The molecule has 0 spiro atoms. The summed E-state index contributed by atoms with van der Waals surface area (Å²) in [5.41, 5.74) is 0.380. The molecule has 1 aliphatic heterocycles. The number of furan rings is 1. The number of aromatic hydroxyl groups is 2. The molecule has 1 aromatic carbocycles. The minimum atomic E-state index is -0.664. The number of hydrogen-bond donors (Lipinski definition) is 2. The first kappa shape index (κ1) is 15.7. The molecular formula is C16H15NO7. The summed E-state index contributed by atoms with van der Waals surface area (Å²) >= 11 is 0. The predicted octanol–water partition coefficient (Wildman–Crippen LogP) is 2.03. The zero-order valence-electron chi connectivity index (χ0n) is 13.0. The van der Waals surface area contributed by atoms with Gasteiger partial charge in [-0.3, -0.25) is 9.59 Å². The lowest BCUT2D eigenvalue weighted by Gasteiger charge is -2.10. The number of carbonyl (C=O) groups excluding carboxylic acids is 2. The highest BCUT2D eigenvalue weighted by atomic mass is 16.5. The SMILES string of the molecule is COc1ccc(-c2oc(N3C(=O)CCC3=O)c(O)c2O)cc1OC. The molecule has 2 heterocycles. The van der Waals surface area contributed by atoms with E-state index in [4.69, 9.17) is 13.9 Å². The molecule has 3 rings (SSSR count). The summed E-state index contributed by atoms with van der Waals surface area (Å²) in [4.78, 5) is 24.3. The molecule has 0 atom stereocenters. The summed E-state index contributed by atoms with van der Waals surface area (Å²) < 4.78 is 15.7. The zero-order chi connectivity index (χ0) is 17.4. The van der Waals surface area contributed by atoms with Gasteiger partial charge in [0.25, 0.3) is 5.88 Å². The lowest BCUT2D eigenvalue weighted by atomic mass is 10.1. The first-order chi connectivity index (χ1) is 11.5. The molecule has 0 unspecified atom stereocenters. The Labute approximate surface area is 136 Å². The van der Waals surface area contributed by atoms with Crippen molar-refractivity contribution in [2.45, 2.75) is 12.8 Å². The van der Waals surface area contributed by atoms with E-state index >= 15 is 0 Å². The summed E-state index contributed by atoms with van der Waals surface area (Å²) in [5, 5.41) is 20.2. The highest BCUT2D eigenvalue weighted by Gasteiger charge is 2.37. The Hall–Kier alpha value is -3.16. The Morgan fingerprint density at radius 2 is 1.62 bits per heavy atom. The first-order valence-electron chi connectivity index (χ1n) is 7.10. The third kappa shape index (κ3) is 2.32. The average Bonchev–Trinajstić information content (AvgIpc) is 3.07. The van der Waals surface area contributed by atoms with E-state index in [2.05, 4.69) is 0 Å². The zero-order valence-corrected chi connectivity index (χ0v) is 13.0. The molecule has 0 bridgehead atoms. The number of imide groups is 1. The van der Waals surface area contributed by atoms with Gasteiger partial charge in [-0.15, -0.1) is 0 Å². The van der Waals surface area contributed by atoms with Crippen LogP contribution in [-0.4, -0.2) is 36.2 Å². The number of amides is 2. The fraction of sp³-hybridized carbons (Fsp3) is 0.250. The number of benzene rings is 1. The number of anilines is 1. The predicted molar refractivity (Wildman–Crippen MR) is 82.3 cm³/mol. The van der Waals surface area contributed by atoms with Crippen LogP contribution in [-0.2, 0) is 9.59 Å².